The van der Waals surface area contributed by atoms with Gasteiger partial charge in [-0.05, 0) is 24.1 Å². The Bertz CT molecular complexity index is 434. The first-order valence-electron chi connectivity index (χ1n) is 5.78. The summed E-state index contributed by atoms with van der Waals surface area (Å²) in [6.07, 6.45) is 0.806. The van der Waals surface area contributed by atoms with Crippen LogP contribution in [-0.2, 0) is 4.79 Å². The van der Waals surface area contributed by atoms with Gasteiger partial charge in [0, 0.05) is 23.0 Å². The highest BCUT2D eigenvalue weighted by Crippen LogP contribution is 2.12. The van der Waals surface area contributed by atoms with E-state index in [9.17, 15) is 9.59 Å². The molecular formula is C13H16BrNO3. The Labute approximate surface area is 115 Å². The second kappa shape index (κ2) is 7.16. The number of carbonyl (C=O) groups is 2. The maximum Gasteiger partial charge on any atom is 0.303 e. The molecule has 0 bridgehead atoms. The minimum Gasteiger partial charge on any atom is -0.481 e. The minimum atomic E-state index is -0.835. The molecule has 4 nitrogen and oxygen atoms in total. The predicted octanol–water partition coefficient (Wildman–Crippen LogP) is 2.68. The van der Waals surface area contributed by atoms with Gasteiger partial charge in [0.1, 0.15) is 0 Å². The molecule has 0 radical (unpaired) electrons. The van der Waals surface area contributed by atoms with Gasteiger partial charge < -0.3 is 10.4 Å². The summed E-state index contributed by atoms with van der Waals surface area (Å²) in [6.45, 7) is 2.30. The number of nitrogens with one attached hydrogen (secondary N) is 1. The van der Waals surface area contributed by atoms with Crippen LogP contribution in [0.3, 0.4) is 0 Å². The van der Waals surface area contributed by atoms with Gasteiger partial charge in [0.05, 0.1) is 0 Å². The number of hydrogen-bond donors (Lipinski definition) is 2. The molecule has 0 aliphatic heterocycles. The maximum absolute atomic E-state index is 11.8. The van der Waals surface area contributed by atoms with E-state index < -0.39 is 5.97 Å². The van der Waals surface area contributed by atoms with Crippen molar-refractivity contribution >= 4 is 27.8 Å². The summed E-state index contributed by atoms with van der Waals surface area (Å²) in [6, 6.07) is 7.08. The molecule has 2 N–H and O–H groups in total. The molecule has 98 valence electrons. The molecular weight excluding hydrogens is 298 g/mol. The molecule has 1 aromatic carbocycles. The number of halogens is 1. The lowest BCUT2D eigenvalue weighted by Gasteiger charge is -2.13. The van der Waals surface area contributed by atoms with Gasteiger partial charge in [0.15, 0.2) is 0 Å². The second-order valence-corrected chi connectivity index (χ2v) is 5.01. The zero-order chi connectivity index (χ0) is 13.5. The topological polar surface area (TPSA) is 66.4 Å². The van der Waals surface area contributed by atoms with E-state index in [0.29, 0.717) is 12.1 Å². The van der Waals surface area contributed by atoms with Crippen LogP contribution in [-0.4, -0.2) is 23.5 Å². The third-order valence-electron chi connectivity index (χ3n) is 2.68. The Morgan fingerprint density at radius 2 is 2.17 bits per heavy atom. The normalized spacial score (nSPS) is 11.9. The summed E-state index contributed by atoms with van der Waals surface area (Å²) in [7, 11) is 0. The third-order valence-corrected chi connectivity index (χ3v) is 3.17. The average molecular weight is 314 g/mol. The van der Waals surface area contributed by atoms with Crippen molar-refractivity contribution in [1.29, 1.82) is 0 Å². The van der Waals surface area contributed by atoms with E-state index in [1.807, 2.05) is 13.0 Å². The van der Waals surface area contributed by atoms with Gasteiger partial charge >= 0.3 is 5.97 Å². The molecule has 1 amide bonds. The predicted molar refractivity (Wildman–Crippen MR) is 72.5 cm³/mol. The second-order valence-electron chi connectivity index (χ2n) is 4.09. The Kier molecular flexibility index (Phi) is 5.85. The summed E-state index contributed by atoms with van der Waals surface area (Å²) >= 11 is 3.30. The fourth-order valence-corrected chi connectivity index (χ4v) is 1.98. The number of aliphatic carboxylic acids is 1. The molecule has 0 fully saturated rings. The fraction of sp³-hybridized carbons (Fsp3) is 0.385. The van der Waals surface area contributed by atoms with E-state index >= 15 is 0 Å². The van der Waals surface area contributed by atoms with Crippen LogP contribution < -0.4 is 5.32 Å². The van der Waals surface area contributed by atoms with Gasteiger partial charge in [-0.3, -0.25) is 9.59 Å². The lowest BCUT2D eigenvalue weighted by Crippen LogP contribution is -2.30. The molecule has 1 aromatic rings. The van der Waals surface area contributed by atoms with E-state index in [4.69, 9.17) is 5.11 Å². The number of benzene rings is 1. The lowest BCUT2D eigenvalue weighted by atomic mass is 10.0. The molecule has 1 unspecified atom stereocenters. The smallest absolute Gasteiger partial charge is 0.303 e. The van der Waals surface area contributed by atoms with Gasteiger partial charge in [0.25, 0.3) is 5.91 Å². The molecule has 1 rings (SSSR count). The quantitative estimate of drug-likeness (QED) is 0.848. The first-order valence-corrected chi connectivity index (χ1v) is 6.57. The van der Waals surface area contributed by atoms with Crippen molar-refractivity contribution in [1.82, 2.24) is 5.32 Å². The SMILES string of the molecule is CCC(CNC(=O)c1cccc(Br)c1)CC(=O)O. The van der Waals surface area contributed by atoms with E-state index in [-0.39, 0.29) is 18.2 Å². The maximum atomic E-state index is 11.8. The van der Waals surface area contributed by atoms with Crippen molar-refractivity contribution in [3.63, 3.8) is 0 Å². The lowest BCUT2D eigenvalue weighted by molar-refractivity contribution is -0.138. The van der Waals surface area contributed by atoms with Crippen LogP contribution in [0.5, 0.6) is 0 Å². The monoisotopic (exact) mass is 313 g/mol. The van der Waals surface area contributed by atoms with Crippen molar-refractivity contribution in [2.75, 3.05) is 6.54 Å². The average Bonchev–Trinajstić information content (AvgIpc) is 2.33. The number of rotatable bonds is 6. The van der Waals surface area contributed by atoms with Gasteiger partial charge in [0.2, 0.25) is 0 Å². The van der Waals surface area contributed by atoms with Crippen molar-refractivity contribution in [2.24, 2.45) is 5.92 Å². The molecule has 0 spiro atoms. The third kappa shape index (κ3) is 4.87. The van der Waals surface area contributed by atoms with E-state index in [1.54, 1.807) is 18.2 Å². The summed E-state index contributed by atoms with van der Waals surface area (Å²) in [5.74, 6) is -1.04. The van der Waals surface area contributed by atoms with Crippen LogP contribution in [0.15, 0.2) is 28.7 Å². The number of carboxylic acids is 1. The van der Waals surface area contributed by atoms with Crippen LogP contribution >= 0.6 is 15.9 Å². The molecule has 0 heterocycles. The molecule has 5 heteroatoms. The summed E-state index contributed by atoms with van der Waals surface area (Å²) in [5.41, 5.74) is 0.564. The zero-order valence-electron chi connectivity index (χ0n) is 10.1. The first-order chi connectivity index (χ1) is 8.52. The Morgan fingerprint density at radius 3 is 2.72 bits per heavy atom. The van der Waals surface area contributed by atoms with E-state index in [2.05, 4.69) is 21.2 Å². The standard InChI is InChI=1S/C13H16BrNO3/c1-2-9(6-12(16)17)8-15-13(18)10-4-3-5-11(14)7-10/h3-5,7,9H,2,6,8H2,1H3,(H,15,18)(H,16,17). The van der Waals surface area contributed by atoms with Crippen LogP contribution in [0, 0.1) is 5.92 Å². The summed E-state index contributed by atoms with van der Waals surface area (Å²) in [4.78, 5) is 22.4. The van der Waals surface area contributed by atoms with Crippen molar-refractivity contribution in [3.05, 3.63) is 34.3 Å². The minimum absolute atomic E-state index is 0.0291. The highest BCUT2D eigenvalue weighted by Gasteiger charge is 2.13. The molecule has 0 aliphatic rings. The van der Waals surface area contributed by atoms with Crippen molar-refractivity contribution < 1.29 is 14.7 Å². The van der Waals surface area contributed by atoms with Crippen molar-refractivity contribution in [3.8, 4) is 0 Å². The molecule has 0 saturated heterocycles. The molecule has 0 saturated carbocycles. The summed E-state index contributed by atoms with van der Waals surface area (Å²) in [5, 5.41) is 11.5. The largest absolute Gasteiger partial charge is 0.481 e. The Balaban J connectivity index is 2.52. The fourth-order valence-electron chi connectivity index (χ4n) is 1.58. The Hall–Kier alpha value is -1.36. The van der Waals surface area contributed by atoms with Gasteiger partial charge in [-0.15, -0.1) is 0 Å². The number of carbonyl (C=O) groups excluding carboxylic acids is 1. The first kappa shape index (κ1) is 14.7. The van der Waals surface area contributed by atoms with Crippen LogP contribution in [0.25, 0.3) is 0 Å². The van der Waals surface area contributed by atoms with E-state index in [0.717, 1.165) is 10.9 Å². The molecule has 18 heavy (non-hydrogen) atoms. The van der Waals surface area contributed by atoms with Crippen LogP contribution in [0.1, 0.15) is 30.1 Å². The molecule has 1 atom stereocenters. The zero-order valence-corrected chi connectivity index (χ0v) is 11.7. The number of carboxylic acid groups (broad SMARTS) is 1. The molecule has 0 aliphatic carbocycles. The van der Waals surface area contributed by atoms with Crippen LogP contribution in [0.4, 0.5) is 0 Å². The van der Waals surface area contributed by atoms with E-state index in [1.165, 1.54) is 0 Å². The highest BCUT2D eigenvalue weighted by atomic mass is 79.9. The molecule has 0 aromatic heterocycles. The number of amides is 1. The number of hydrogen-bond acceptors (Lipinski definition) is 2. The Morgan fingerprint density at radius 1 is 1.44 bits per heavy atom. The summed E-state index contributed by atoms with van der Waals surface area (Å²) < 4.78 is 0.840. The van der Waals surface area contributed by atoms with Gasteiger partial charge in [-0.1, -0.05) is 35.3 Å². The van der Waals surface area contributed by atoms with Crippen molar-refractivity contribution in [2.45, 2.75) is 19.8 Å². The van der Waals surface area contributed by atoms with Gasteiger partial charge in [-0.2, -0.15) is 0 Å². The highest BCUT2D eigenvalue weighted by molar-refractivity contribution is 9.10. The van der Waals surface area contributed by atoms with Gasteiger partial charge in [-0.25, -0.2) is 0 Å². The van der Waals surface area contributed by atoms with Crippen LogP contribution in [0.2, 0.25) is 0 Å².